The van der Waals surface area contributed by atoms with Gasteiger partial charge in [-0.2, -0.15) is 0 Å². The second-order valence-electron chi connectivity index (χ2n) is 11.8. The lowest BCUT2D eigenvalue weighted by atomic mass is 9.90. The van der Waals surface area contributed by atoms with Gasteiger partial charge in [0.15, 0.2) is 11.5 Å². The van der Waals surface area contributed by atoms with E-state index in [1.54, 1.807) is 0 Å². The normalized spacial score (nSPS) is 14.2. The van der Waals surface area contributed by atoms with Gasteiger partial charge in [0, 0.05) is 5.92 Å². The van der Waals surface area contributed by atoms with E-state index in [0.29, 0.717) is 18.1 Å². The molecule has 0 aromatic heterocycles. The summed E-state index contributed by atoms with van der Waals surface area (Å²) in [5.41, 5.74) is 1.94. The molecule has 43 heavy (non-hydrogen) atoms. The van der Waals surface area contributed by atoms with Crippen molar-refractivity contribution >= 4 is 24.7 Å². The number of benzene rings is 4. The Morgan fingerprint density at radius 2 is 1.40 bits per heavy atom. The summed E-state index contributed by atoms with van der Waals surface area (Å²) in [6.45, 7) is 7.58. The summed E-state index contributed by atoms with van der Waals surface area (Å²) in [5.74, 6) is 0.665. The molecule has 5 rings (SSSR count). The Morgan fingerprint density at radius 1 is 0.814 bits per heavy atom. The number of ether oxygens (including phenoxy) is 4. The first-order chi connectivity index (χ1) is 20.8. The molecular formula is C36H40O6Si. The van der Waals surface area contributed by atoms with Crippen LogP contribution in [0.1, 0.15) is 44.2 Å². The van der Waals surface area contributed by atoms with E-state index in [1.807, 2.05) is 60.7 Å². The first-order valence-electron chi connectivity index (χ1n) is 14.7. The molecule has 4 aromatic rings. The van der Waals surface area contributed by atoms with E-state index in [1.165, 1.54) is 17.5 Å². The minimum Gasteiger partial charge on any atom is -0.469 e. The van der Waals surface area contributed by atoms with Crippen molar-refractivity contribution in [3.63, 3.8) is 0 Å². The van der Waals surface area contributed by atoms with Crippen LogP contribution in [-0.4, -0.2) is 40.9 Å². The fraction of sp³-hybridized carbons (Fsp3) is 0.306. The highest BCUT2D eigenvalue weighted by Crippen LogP contribution is 2.40. The number of rotatable bonds is 12. The van der Waals surface area contributed by atoms with Gasteiger partial charge in [0.05, 0.1) is 32.8 Å². The number of carbonyl (C=O) groups is 1. The molecular weight excluding hydrogens is 556 g/mol. The molecule has 0 saturated carbocycles. The predicted octanol–water partition coefficient (Wildman–Crippen LogP) is 6.22. The number of methoxy groups -OCH3 is 1. The highest BCUT2D eigenvalue weighted by atomic mass is 28.4. The highest BCUT2D eigenvalue weighted by Gasteiger charge is 2.50. The van der Waals surface area contributed by atoms with E-state index in [2.05, 4.69) is 69.3 Å². The molecule has 2 atom stereocenters. The van der Waals surface area contributed by atoms with Crippen molar-refractivity contribution < 1.29 is 28.2 Å². The molecule has 4 aromatic carbocycles. The second kappa shape index (κ2) is 13.6. The van der Waals surface area contributed by atoms with E-state index in [9.17, 15) is 4.79 Å². The zero-order valence-electron chi connectivity index (χ0n) is 25.3. The second-order valence-corrected chi connectivity index (χ2v) is 16.1. The SMILES string of the molecule is COC(=O)C[C@H](c1ccc2c(c1)OCO2)[C@@H](CO[Si](c1ccccc1)(c1ccccc1)C(C)(C)C)OCc1ccccc1. The van der Waals surface area contributed by atoms with E-state index < -0.39 is 14.4 Å². The smallest absolute Gasteiger partial charge is 0.306 e. The van der Waals surface area contributed by atoms with Gasteiger partial charge in [-0.25, -0.2) is 0 Å². The van der Waals surface area contributed by atoms with Gasteiger partial charge in [-0.15, -0.1) is 0 Å². The molecule has 1 aliphatic rings. The Labute approximate surface area is 255 Å². The van der Waals surface area contributed by atoms with Gasteiger partial charge in [-0.1, -0.05) is 118 Å². The largest absolute Gasteiger partial charge is 0.469 e. The van der Waals surface area contributed by atoms with Crippen LogP contribution >= 0.6 is 0 Å². The monoisotopic (exact) mass is 596 g/mol. The fourth-order valence-electron chi connectivity index (χ4n) is 5.90. The molecule has 7 heteroatoms. The van der Waals surface area contributed by atoms with Crippen molar-refractivity contribution in [1.82, 2.24) is 0 Å². The Hall–Kier alpha value is -3.91. The van der Waals surface area contributed by atoms with E-state index in [0.717, 1.165) is 11.1 Å². The minimum atomic E-state index is -2.87. The lowest BCUT2D eigenvalue weighted by Gasteiger charge is -2.44. The van der Waals surface area contributed by atoms with Crippen molar-refractivity contribution in [2.75, 3.05) is 20.5 Å². The van der Waals surface area contributed by atoms with Crippen LogP contribution in [0.5, 0.6) is 11.5 Å². The van der Waals surface area contributed by atoms with Crippen LogP contribution in [0.15, 0.2) is 109 Å². The third-order valence-electron chi connectivity index (χ3n) is 8.08. The van der Waals surface area contributed by atoms with Gasteiger partial charge >= 0.3 is 5.97 Å². The molecule has 0 N–H and O–H groups in total. The van der Waals surface area contributed by atoms with Crippen LogP contribution in [0.4, 0.5) is 0 Å². The molecule has 0 radical (unpaired) electrons. The van der Waals surface area contributed by atoms with Crippen molar-refractivity contribution in [3.8, 4) is 11.5 Å². The van der Waals surface area contributed by atoms with Crippen molar-refractivity contribution in [3.05, 3.63) is 120 Å². The molecule has 224 valence electrons. The van der Waals surface area contributed by atoms with Crippen LogP contribution in [0, 0.1) is 0 Å². The number of hydrogen-bond acceptors (Lipinski definition) is 6. The molecule has 1 aliphatic heterocycles. The number of hydrogen-bond donors (Lipinski definition) is 0. The van der Waals surface area contributed by atoms with Gasteiger partial charge in [-0.05, 0) is 38.7 Å². The molecule has 0 saturated heterocycles. The molecule has 0 amide bonds. The maximum atomic E-state index is 12.8. The molecule has 0 spiro atoms. The summed E-state index contributed by atoms with van der Waals surface area (Å²) in [6.07, 6.45) is -0.346. The summed E-state index contributed by atoms with van der Waals surface area (Å²) < 4.78 is 30.5. The van der Waals surface area contributed by atoms with Gasteiger partial charge in [0.1, 0.15) is 0 Å². The molecule has 0 fully saturated rings. The minimum absolute atomic E-state index is 0.125. The van der Waals surface area contributed by atoms with Gasteiger partial charge in [0.25, 0.3) is 8.32 Å². The third-order valence-corrected chi connectivity index (χ3v) is 13.1. The van der Waals surface area contributed by atoms with Gasteiger partial charge < -0.3 is 23.4 Å². The number of esters is 1. The van der Waals surface area contributed by atoms with Gasteiger partial charge in [-0.3, -0.25) is 4.79 Å². The van der Waals surface area contributed by atoms with Crippen molar-refractivity contribution in [1.29, 1.82) is 0 Å². The van der Waals surface area contributed by atoms with Gasteiger partial charge in [0.2, 0.25) is 6.79 Å². The Balaban J connectivity index is 1.57. The lowest BCUT2D eigenvalue weighted by Crippen LogP contribution is -2.67. The average Bonchev–Trinajstić information content (AvgIpc) is 3.51. The zero-order valence-corrected chi connectivity index (χ0v) is 26.3. The van der Waals surface area contributed by atoms with Crippen molar-refractivity contribution in [2.45, 2.75) is 50.9 Å². The molecule has 0 bridgehead atoms. The standard InChI is InChI=1S/C36H40O6Si/c1-36(2,3)43(29-16-10-6-11-17-29,30-18-12-7-13-19-30)42-25-34(39-24-27-14-8-5-9-15-27)31(23-35(37)38-4)28-20-21-32-33(22-28)41-26-40-32/h5-22,31,34H,23-26H2,1-4H3/t31-,34-/m1/s1. The quantitative estimate of drug-likeness (QED) is 0.143. The Bertz CT molecular complexity index is 1430. The van der Waals surface area contributed by atoms with Crippen LogP contribution in [0.2, 0.25) is 5.04 Å². The van der Waals surface area contributed by atoms with Crippen LogP contribution in [0.25, 0.3) is 0 Å². The maximum absolute atomic E-state index is 12.8. The number of carbonyl (C=O) groups excluding carboxylic acids is 1. The third kappa shape index (κ3) is 6.85. The lowest BCUT2D eigenvalue weighted by molar-refractivity contribution is -0.142. The van der Waals surface area contributed by atoms with Crippen LogP contribution in [-0.2, 0) is 25.3 Å². The summed E-state index contributed by atoms with van der Waals surface area (Å²) in [7, 11) is -1.46. The van der Waals surface area contributed by atoms with E-state index >= 15 is 0 Å². The molecule has 6 nitrogen and oxygen atoms in total. The Morgan fingerprint density at radius 3 is 1.98 bits per heavy atom. The first-order valence-corrected chi connectivity index (χ1v) is 16.6. The molecule has 0 aliphatic carbocycles. The summed E-state index contributed by atoms with van der Waals surface area (Å²) in [4.78, 5) is 12.8. The average molecular weight is 597 g/mol. The zero-order chi connectivity index (χ0) is 30.3. The first kappa shape index (κ1) is 30.5. The van der Waals surface area contributed by atoms with Crippen LogP contribution < -0.4 is 19.8 Å². The van der Waals surface area contributed by atoms with E-state index in [4.69, 9.17) is 23.4 Å². The summed E-state index contributed by atoms with van der Waals surface area (Å²) in [5, 5.41) is 2.15. The van der Waals surface area contributed by atoms with E-state index in [-0.39, 0.29) is 36.7 Å². The van der Waals surface area contributed by atoms with Crippen LogP contribution in [0.3, 0.4) is 0 Å². The fourth-order valence-corrected chi connectivity index (χ4v) is 10.5. The molecule has 0 unspecified atom stereocenters. The predicted molar refractivity (Wildman–Crippen MR) is 171 cm³/mol. The highest BCUT2D eigenvalue weighted by molar-refractivity contribution is 6.99. The van der Waals surface area contributed by atoms with Crippen molar-refractivity contribution in [2.24, 2.45) is 0 Å². The number of fused-ring (bicyclic) bond motifs is 1. The maximum Gasteiger partial charge on any atom is 0.306 e. The summed E-state index contributed by atoms with van der Waals surface area (Å²) in [6, 6.07) is 36.9. The molecule has 1 heterocycles. The topological polar surface area (TPSA) is 63.2 Å². The summed E-state index contributed by atoms with van der Waals surface area (Å²) >= 11 is 0. The Kier molecular flexibility index (Phi) is 9.65.